The number of carbonyl (C=O) groups is 1. The highest BCUT2D eigenvalue weighted by Gasteiger charge is 2.36. The molecule has 1 aliphatic heterocycles. The van der Waals surface area contributed by atoms with Gasteiger partial charge in [-0.25, -0.2) is 0 Å². The van der Waals surface area contributed by atoms with Gasteiger partial charge in [0.05, 0.1) is 24.3 Å². The van der Waals surface area contributed by atoms with Gasteiger partial charge in [-0.3, -0.25) is 14.4 Å². The van der Waals surface area contributed by atoms with E-state index >= 15 is 0 Å². The van der Waals surface area contributed by atoms with Gasteiger partial charge in [-0.05, 0) is 56.5 Å². The molecule has 0 spiro atoms. The summed E-state index contributed by atoms with van der Waals surface area (Å²) >= 11 is 1.63. The van der Waals surface area contributed by atoms with Crippen molar-refractivity contribution in [3.63, 3.8) is 0 Å². The van der Waals surface area contributed by atoms with E-state index in [-0.39, 0.29) is 0 Å². The van der Waals surface area contributed by atoms with Gasteiger partial charge in [0.15, 0.2) is 5.82 Å². The summed E-state index contributed by atoms with van der Waals surface area (Å²) < 4.78 is 7.22. The fourth-order valence-electron chi connectivity index (χ4n) is 4.61. The molecule has 4 aromatic rings. The zero-order chi connectivity index (χ0) is 26.4. The first kappa shape index (κ1) is 24.4. The van der Waals surface area contributed by atoms with Crippen molar-refractivity contribution in [3.8, 4) is 27.9 Å². The van der Waals surface area contributed by atoms with Gasteiger partial charge in [-0.2, -0.15) is 5.26 Å². The number of nitriles is 1. The number of carboxylic acid groups (broad SMARTS) is 1. The van der Waals surface area contributed by atoms with Crippen molar-refractivity contribution in [1.29, 1.82) is 5.26 Å². The second kappa shape index (κ2) is 9.30. The first-order valence-corrected chi connectivity index (χ1v) is 12.6. The second-order valence-corrected chi connectivity index (χ2v) is 10.3. The molecule has 0 fully saturated rings. The van der Waals surface area contributed by atoms with E-state index in [4.69, 9.17) is 9.73 Å². The highest BCUT2D eigenvalue weighted by Crippen LogP contribution is 2.41. The van der Waals surface area contributed by atoms with Gasteiger partial charge in [0.2, 0.25) is 0 Å². The molecule has 1 aliphatic rings. The summed E-state index contributed by atoms with van der Waals surface area (Å²) in [5, 5.41) is 28.9. The van der Waals surface area contributed by atoms with Gasteiger partial charge in [0, 0.05) is 16.0 Å². The second-order valence-electron chi connectivity index (χ2n) is 9.06. The predicted molar refractivity (Wildman–Crippen MR) is 142 cm³/mol. The van der Waals surface area contributed by atoms with Crippen LogP contribution in [-0.2, 0) is 4.79 Å². The molecule has 8 nitrogen and oxygen atoms in total. The minimum Gasteiger partial charge on any atom is -0.495 e. The molecule has 3 heterocycles. The summed E-state index contributed by atoms with van der Waals surface area (Å²) in [5.74, 6) is 0.0215. The Balaban J connectivity index is 1.67. The molecule has 0 aliphatic carbocycles. The Morgan fingerprint density at radius 1 is 1.11 bits per heavy atom. The SMILES string of the molecule is COc1ccc(-c2ccc(C3=N[C@@H](C(C)C(=O)O)c4nnc(C)n4-c4sc(C)c(C)c43)cc2)cc1C#N. The molecule has 2 atom stereocenters. The van der Waals surface area contributed by atoms with Crippen molar-refractivity contribution in [3.05, 3.63) is 81.2 Å². The number of benzene rings is 2. The van der Waals surface area contributed by atoms with Crippen LogP contribution >= 0.6 is 11.3 Å². The third-order valence-corrected chi connectivity index (χ3v) is 8.06. The van der Waals surface area contributed by atoms with Crippen LogP contribution in [0, 0.1) is 38.0 Å². The number of aliphatic imine (C=N–C) groups is 1. The molecular formula is C28H25N5O3S. The van der Waals surface area contributed by atoms with Crippen LogP contribution in [0.4, 0.5) is 0 Å². The van der Waals surface area contributed by atoms with E-state index in [1.165, 1.54) is 0 Å². The minimum atomic E-state index is -0.943. The molecule has 2 aromatic carbocycles. The third-order valence-electron chi connectivity index (χ3n) is 6.86. The lowest BCUT2D eigenvalue weighted by atomic mass is 9.96. The van der Waals surface area contributed by atoms with E-state index in [1.54, 1.807) is 37.5 Å². The van der Waals surface area contributed by atoms with Crippen LogP contribution in [0.5, 0.6) is 5.75 Å². The lowest BCUT2D eigenvalue weighted by Crippen LogP contribution is -2.21. The number of nitrogens with zero attached hydrogens (tertiary/aromatic N) is 5. The Morgan fingerprint density at radius 2 is 1.78 bits per heavy atom. The Kier molecular flexibility index (Phi) is 6.13. The summed E-state index contributed by atoms with van der Waals surface area (Å²) in [5.41, 5.74) is 5.98. The van der Waals surface area contributed by atoms with Crippen LogP contribution in [0.15, 0.2) is 47.5 Å². The number of carboxylic acids is 1. The number of rotatable bonds is 5. The summed E-state index contributed by atoms with van der Waals surface area (Å²) in [6.45, 7) is 7.66. The number of fused-ring (bicyclic) bond motifs is 3. The quantitative estimate of drug-likeness (QED) is 0.383. The lowest BCUT2D eigenvalue weighted by molar-refractivity contribution is -0.141. The van der Waals surface area contributed by atoms with Crippen molar-refractivity contribution < 1.29 is 14.6 Å². The molecule has 37 heavy (non-hydrogen) atoms. The molecule has 0 amide bonds. The monoisotopic (exact) mass is 511 g/mol. The largest absolute Gasteiger partial charge is 0.495 e. The number of hydrogen-bond acceptors (Lipinski definition) is 7. The van der Waals surface area contributed by atoms with E-state index in [9.17, 15) is 15.2 Å². The number of methoxy groups -OCH3 is 1. The molecule has 186 valence electrons. The highest BCUT2D eigenvalue weighted by atomic mass is 32.1. The molecule has 5 rings (SSSR count). The Labute approximate surface area is 218 Å². The number of hydrogen-bond donors (Lipinski definition) is 1. The van der Waals surface area contributed by atoms with Crippen LogP contribution in [0.1, 0.15) is 51.7 Å². The molecule has 9 heteroatoms. The van der Waals surface area contributed by atoms with Gasteiger partial charge in [0.25, 0.3) is 0 Å². The highest BCUT2D eigenvalue weighted by molar-refractivity contribution is 7.15. The average Bonchev–Trinajstić information content (AvgIpc) is 3.37. The van der Waals surface area contributed by atoms with Gasteiger partial charge in [-0.15, -0.1) is 21.5 Å². The van der Waals surface area contributed by atoms with Crippen LogP contribution in [0.3, 0.4) is 0 Å². The number of ether oxygens (including phenoxy) is 1. The standard InChI is InChI=1S/C28H25N5O3S/c1-14-16(3)37-27-23(14)25(30-24(15(2)28(34)35)26-32-31-17(4)33(26)27)19-8-6-18(7-9-19)20-10-11-22(36-5)21(12-20)13-29/h6-12,15,24H,1-5H3,(H,34,35)/t15?,24-/m0/s1. The number of aromatic nitrogens is 3. The van der Waals surface area contributed by atoms with Crippen molar-refractivity contribution in [2.75, 3.05) is 7.11 Å². The smallest absolute Gasteiger partial charge is 0.308 e. The van der Waals surface area contributed by atoms with Crippen molar-refractivity contribution in [2.45, 2.75) is 33.7 Å². The van der Waals surface area contributed by atoms with Crippen LogP contribution in [-0.4, -0.2) is 38.7 Å². The zero-order valence-corrected chi connectivity index (χ0v) is 21.9. The first-order chi connectivity index (χ1) is 17.7. The molecule has 0 radical (unpaired) electrons. The molecule has 2 aromatic heterocycles. The normalized spacial score (nSPS) is 15.1. The number of thiophene rings is 1. The van der Waals surface area contributed by atoms with Crippen LogP contribution < -0.4 is 4.74 Å². The van der Waals surface area contributed by atoms with E-state index in [2.05, 4.69) is 30.1 Å². The zero-order valence-electron chi connectivity index (χ0n) is 21.1. The molecule has 0 saturated carbocycles. The Hall–Kier alpha value is -4.29. The fraction of sp³-hybridized carbons (Fsp3) is 0.250. The minimum absolute atomic E-state index is 0.468. The number of aryl methyl sites for hydroxylation is 2. The summed E-state index contributed by atoms with van der Waals surface area (Å²) in [4.78, 5) is 18.2. The van der Waals surface area contributed by atoms with E-state index < -0.39 is 17.9 Å². The Bertz CT molecular complexity index is 1610. The fourth-order valence-corrected chi connectivity index (χ4v) is 5.83. The predicted octanol–water partition coefficient (Wildman–Crippen LogP) is 5.41. The first-order valence-electron chi connectivity index (χ1n) is 11.8. The summed E-state index contributed by atoms with van der Waals surface area (Å²) in [6.07, 6.45) is 0. The molecule has 0 saturated heterocycles. The van der Waals surface area contributed by atoms with Crippen LogP contribution in [0.25, 0.3) is 16.1 Å². The average molecular weight is 512 g/mol. The van der Waals surface area contributed by atoms with Gasteiger partial charge < -0.3 is 9.84 Å². The molecular weight excluding hydrogens is 486 g/mol. The molecule has 0 bridgehead atoms. The van der Waals surface area contributed by atoms with Gasteiger partial charge in [-0.1, -0.05) is 30.3 Å². The summed E-state index contributed by atoms with van der Waals surface area (Å²) in [6, 6.07) is 14.9. The number of aliphatic carboxylic acids is 1. The lowest BCUT2D eigenvalue weighted by Gasteiger charge is -2.16. The van der Waals surface area contributed by atoms with Gasteiger partial charge >= 0.3 is 5.97 Å². The van der Waals surface area contributed by atoms with E-state index in [0.29, 0.717) is 23.0 Å². The molecule has 1 unspecified atom stereocenters. The van der Waals surface area contributed by atoms with Crippen LogP contribution in [0.2, 0.25) is 0 Å². The molecule has 1 N–H and O–H groups in total. The topological polar surface area (TPSA) is 113 Å². The summed E-state index contributed by atoms with van der Waals surface area (Å²) in [7, 11) is 1.54. The van der Waals surface area contributed by atoms with Gasteiger partial charge in [0.1, 0.15) is 28.7 Å². The maximum absolute atomic E-state index is 12.0. The maximum atomic E-state index is 12.0. The maximum Gasteiger partial charge on any atom is 0.308 e. The van der Waals surface area contributed by atoms with E-state index in [0.717, 1.165) is 43.4 Å². The Morgan fingerprint density at radius 3 is 2.43 bits per heavy atom. The third kappa shape index (κ3) is 3.99. The van der Waals surface area contributed by atoms with E-state index in [1.807, 2.05) is 41.8 Å². The van der Waals surface area contributed by atoms with Crippen molar-refractivity contribution in [2.24, 2.45) is 10.9 Å². The van der Waals surface area contributed by atoms with Crippen molar-refractivity contribution >= 4 is 23.0 Å². The van der Waals surface area contributed by atoms with Crippen molar-refractivity contribution in [1.82, 2.24) is 14.8 Å².